The largest absolute Gasteiger partial charge is 0.489 e. The van der Waals surface area contributed by atoms with Crippen molar-refractivity contribution in [3.8, 4) is 5.75 Å². The summed E-state index contributed by atoms with van der Waals surface area (Å²) in [7, 11) is 0. The summed E-state index contributed by atoms with van der Waals surface area (Å²) < 4.78 is 18.4. The molecule has 1 aromatic heterocycles. The fraction of sp³-hybridized carbons (Fsp3) is 0.0714. The number of aromatic nitrogens is 2. The molecule has 0 aliphatic carbocycles. The number of H-pyrrole nitrogens is 1. The molecule has 0 spiro atoms. The van der Waals surface area contributed by atoms with Gasteiger partial charge in [0.1, 0.15) is 18.2 Å². The van der Waals surface area contributed by atoms with Gasteiger partial charge in [-0.2, -0.15) is 5.10 Å². The number of fused-ring (bicyclic) bond motifs is 1. The van der Waals surface area contributed by atoms with Gasteiger partial charge in [-0.15, -0.1) is 0 Å². The zero-order chi connectivity index (χ0) is 12.4. The lowest BCUT2D eigenvalue weighted by atomic mass is 10.2. The van der Waals surface area contributed by atoms with Gasteiger partial charge in [-0.25, -0.2) is 4.39 Å². The first-order valence-electron chi connectivity index (χ1n) is 5.62. The molecule has 0 amide bonds. The lowest BCUT2D eigenvalue weighted by Crippen LogP contribution is -1.95. The predicted molar refractivity (Wildman–Crippen MR) is 66.8 cm³/mol. The molecule has 0 saturated carbocycles. The lowest BCUT2D eigenvalue weighted by Gasteiger charge is -2.06. The maximum absolute atomic E-state index is 12.7. The molecule has 90 valence electrons. The van der Waals surface area contributed by atoms with Crippen LogP contribution in [0.25, 0.3) is 10.9 Å². The molecule has 4 heteroatoms. The number of hydrogen-bond acceptors (Lipinski definition) is 2. The molecule has 3 rings (SSSR count). The fourth-order valence-electron chi connectivity index (χ4n) is 1.76. The van der Waals surface area contributed by atoms with Gasteiger partial charge in [-0.1, -0.05) is 12.1 Å². The molecule has 3 nitrogen and oxygen atoms in total. The zero-order valence-corrected chi connectivity index (χ0v) is 9.56. The van der Waals surface area contributed by atoms with E-state index in [-0.39, 0.29) is 5.82 Å². The second-order valence-electron chi connectivity index (χ2n) is 4.03. The molecule has 0 aliphatic heterocycles. The molecule has 18 heavy (non-hydrogen) atoms. The first-order chi connectivity index (χ1) is 8.81. The summed E-state index contributed by atoms with van der Waals surface area (Å²) in [6.45, 7) is 0.420. The van der Waals surface area contributed by atoms with Gasteiger partial charge in [0.05, 0.1) is 11.7 Å². The van der Waals surface area contributed by atoms with Gasteiger partial charge >= 0.3 is 0 Å². The van der Waals surface area contributed by atoms with E-state index in [4.69, 9.17) is 4.74 Å². The van der Waals surface area contributed by atoms with Crippen molar-refractivity contribution in [3.05, 3.63) is 60.0 Å². The molecule has 0 fully saturated rings. The molecule has 2 aromatic carbocycles. The standard InChI is InChI=1S/C14H11FN2O/c15-12-3-1-10(2-4-12)9-18-13-5-6-14-11(7-13)8-16-17-14/h1-8H,9H2,(H,16,17). The number of benzene rings is 2. The highest BCUT2D eigenvalue weighted by molar-refractivity contribution is 5.79. The Morgan fingerprint density at radius 2 is 1.94 bits per heavy atom. The van der Waals surface area contributed by atoms with E-state index in [0.717, 1.165) is 22.2 Å². The van der Waals surface area contributed by atoms with E-state index in [2.05, 4.69) is 10.2 Å². The third kappa shape index (κ3) is 2.18. The fourth-order valence-corrected chi connectivity index (χ4v) is 1.76. The number of hydrogen-bond donors (Lipinski definition) is 1. The third-order valence-electron chi connectivity index (χ3n) is 2.73. The summed E-state index contributed by atoms with van der Waals surface area (Å²) in [5.74, 6) is 0.534. The number of rotatable bonds is 3. The van der Waals surface area contributed by atoms with E-state index in [1.54, 1.807) is 18.3 Å². The van der Waals surface area contributed by atoms with Crippen LogP contribution in [0, 0.1) is 5.82 Å². The van der Waals surface area contributed by atoms with Crippen molar-refractivity contribution in [2.45, 2.75) is 6.61 Å². The van der Waals surface area contributed by atoms with Crippen molar-refractivity contribution < 1.29 is 9.13 Å². The quantitative estimate of drug-likeness (QED) is 0.765. The van der Waals surface area contributed by atoms with Gasteiger partial charge in [0, 0.05) is 5.39 Å². The minimum absolute atomic E-state index is 0.237. The predicted octanol–water partition coefficient (Wildman–Crippen LogP) is 3.28. The molecule has 0 unspecified atom stereocenters. The van der Waals surface area contributed by atoms with E-state index < -0.39 is 0 Å². The zero-order valence-electron chi connectivity index (χ0n) is 9.56. The Labute approximate surface area is 103 Å². The average Bonchev–Trinajstić information content (AvgIpc) is 2.85. The molecule has 0 radical (unpaired) electrons. The Morgan fingerprint density at radius 1 is 1.11 bits per heavy atom. The summed E-state index contributed by atoms with van der Waals surface area (Å²) in [6.07, 6.45) is 1.75. The van der Waals surface area contributed by atoms with Crippen molar-refractivity contribution >= 4 is 10.9 Å². The highest BCUT2D eigenvalue weighted by Crippen LogP contribution is 2.19. The summed E-state index contributed by atoms with van der Waals surface area (Å²) in [5, 5.41) is 7.83. The second-order valence-corrected chi connectivity index (χ2v) is 4.03. The Kier molecular flexibility index (Phi) is 2.68. The smallest absolute Gasteiger partial charge is 0.123 e. The Bertz CT molecular complexity index is 661. The van der Waals surface area contributed by atoms with Crippen LogP contribution in [0.4, 0.5) is 4.39 Å². The molecule has 0 saturated heterocycles. The van der Waals surface area contributed by atoms with Crippen LogP contribution in [-0.4, -0.2) is 10.2 Å². The topological polar surface area (TPSA) is 37.9 Å². The monoisotopic (exact) mass is 242 g/mol. The van der Waals surface area contributed by atoms with Crippen LogP contribution in [0.5, 0.6) is 5.75 Å². The van der Waals surface area contributed by atoms with E-state index in [9.17, 15) is 4.39 Å². The number of nitrogens with zero attached hydrogens (tertiary/aromatic N) is 1. The molecule has 0 atom stereocenters. The number of halogens is 1. The van der Waals surface area contributed by atoms with Gasteiger partial charge in [0.15, 0.2) is 0 Å². The third-order valence-corrected chi connectivity index (χ3v) is 2.73. The SMILES string of the molecule is Fc1ccc(COc2ccc3[nH]ncc3c2)cc1. The van der Waals surface area contributed by atoms with Crippen LogP contribution in [-0.2, 0) is 6.61 Å². The van der Waals surface area contributed by atoms with Gasteiger partial charge in [-0.3, -0.25) is 5.10 Å². The van der Waals surface area contributed by atoms with Crippen LogP contribution in [0.15, 0.2) is 48.7 Å². The van der Waals surface area contributed by atoms with Crippen molar-refractivity contribution in [2.75, 3.05) is 0 Å². The number of nitrogens with one attached hydrogen (secondary N) is 1. The van der Waals surface area contributed by atoms with E-state index in [1.807, 2.05) is 18.2 Å². The van der Waals surface area contributed by atoms with Gasteiger partial charge in [0.25, 0.3) is 0 Å². The van der Waals surface area contributed by atoms with E-state index in [1.165, 1.54) is 12.1 Å². The summed E-state index contributed by atoms with van der Waals surface area (Å²) >= 11 is 0. The first kappa shape index (κ1) is 10.8. The summed E-state index contributed by atoms with van der Waals surface area (Å²) in [4.78, 5) is 0. The molecule has 0 bridgehead atoms. The average molecular weight is 242 g/mol. The van der Waals surface area contributed by atoms with Gasteiger partial charge in [0.2, 0.25) is 0 Å². The highest BCUT2D eigenvalue weighted by Gasteiger charge is 2.00. The molecule has 1 heterocycles. The van der Waals surface area contributed by atoms with E-state index >= 15 is 0 Å². The van der Waals surface area contributed by atoms with Crippen molar-refractivity contribution in [1.82, 2.24) is 10.2 Å². The van der Waals surface area contributed by atoms with E-state index in [0.29, 0.717) is 6.61 Å². The Balaban J connectivity index is 1.74. The van der Waals surface area contributed by atoms with Crippen molar-refractivity contribution in [3.63, 3.8) is 0 Å². The molecule has 3 aromatic rings. The van der Waals surface area contributed by atoms with Crippen molar-refractivity contribution in [2.24, 2.45) is 0 Å². The normalized spacial score (nSPS) is 10.7. The van der Waals surface area contributed by atoms with Crippen LogP contribution in [0.2, 0.25) is 0 Å². The molecule has 1 N–H and O–H groups in total. The number of ether oxygens (including phenoxy) is 1. The Hall–Kier alpha value is -2.36. The molecular formula is C14H11FN2O. The maximum Gasteiger partial charge on any atom is 0.123 e. The van der Waals surface area contributed by atoms with Gasteiger partial charge < -0.3 is 4.74 Å². The van der Waals surface area contributed by atoms with Crippen LogP contribution < -0.4 is 4.74 Å². The lowest BCUT2D eigenvalue weighted by molar-refractivity contribution is 0.306. The Morgan fingerprint density at radius 3 is 2.78 bits per heavy atom. The molecular weight excluding hydrogens is 231 g/mol. The highest BCUT2D eigenvalue weighted by atomic mass is 19.1. The minimum Gasteiger partial charge on any atom is -0.489 e. The number of aromatic amines is 1. The summed E-state index contributed by atoms with van der Waals surface area (Å²) in [6, 6.07) is 12.0. The summed E-state index contributed by atoms with van der Waals surface area (Å²) in [5.41, 5.74) is 1.91. The minimum atomic E-state index is -0.237. The van der Waals surface area contributed by atoms with Crippen LogP contribution >= 0.6 is 0 Å². The second kappa shape index (κ2) is 4.49. The maximum atomic E-state index is 12.7. The van der Waals surface area contributed by atoms with Crippen molar-refractivity contribution in [1.29, 1.82) is 0 Å². The first-order valence-corrected chi connectivity index (χ1v) is 5.62. The molecule has 0 aliphatic rings. The van der Waals surface area contributed by atoms with Crippen LogP contribution in [0.3, 0.4) is 0 Å². The van der Waals surface area contributed by atoms with Gasteiger partial charge in [-0.05, 0) is 35.9 Å². The van der Waals surface area contributed by atoms with Crippen LogP contribution in [0.1, 0.15) is 5.56 Å².